The van der Waals surface area contributed by atoms with Gasteiger partial charge in [0, 0.05) is 24.7 Å². The molecule has 0 atom stereocenters. The first-order valence-electron chi connectivity index (χ1n) is 6.93. The number of nitrogens with one attached hydrogen (secondary N) is 1. The predicted molar refractivity (Wildman–Crippen MR) is 85.2 cm³/mol. The molecule has 0 aliphatic carbocycles. The molecule has 0 aliphatic heterocycles. The minimum atomic E-state index is -0.515. The van der Waals surface area contributed by atoms with Crippen molar-refractivity contribution >= 4 is 28.5 Å². The van der Waals surface area contributed by atoms with Gasteiger partial charge in [-0.05, 0) is 24.3 Å². The second kappa shape index (κ2) is 6.23. The molecule has 0 unspecified atom stereocenters. The number of rotatable bonds is 3. The normalized spacial score (nSPS) is 10.3. The molecule has 0 saturated carbocycles. The highest BCUT2D eigenvalue weighted by molar-refractivity contribution is 6.08. The van der Waals surface area contributed by atoms with E-state index in [0.29, 0.717) is 11.2 Å². The van der Waals surface area contributed by atoms with Gasteiger partial charge < -0.3 is 10.1 Å². The van der Waals surface area contributed by atoms with Crippen LogP contribution in [0.15, 0.2) is 54.9 Å². The van der Waals surface area contributed by atoms with Gasteiger partial charge in [0.1, 0.15) is 0 Å². The average molecular weight is 307 g/mol. The smallest absolute Gasteiger partial charge is 0.308 e. The third-order valence-electron chi connectivity index (χ3n) is 3.12. The van der Waals surface area contributed by atoms with Crippen LogP contribution in [0.3, 0.4) is 0 Å². The Labute approximate surface area is 132 Å². The van der Waals surface area contributed by atoms with Crippen LogP contribution in [0, 0.1) is 0 Å². The molecule has 0 radical (unpaired) electrons. The molecule has 6 heteroatoms. The first-order chi connectivity index (χ1) is 11.1. The lowest BCUT2D eigenvalue weighted by molar-refractivity contribution is -0.131. The van der Waals surface area contributed by atoms with E-state index >= 15 is 0 Å². The molecule has 0 bridgehead atoms. The molecule has 0 aliphatic rings. The van der Waals surface area contributed by atoms with Gasteiger partial charge in [-0.3, -0.25) is 14.6 Å². The second-order valence-electron chi connectivity index (χ2n) is 4.78. The standard InChI is InChI=1S/C17H13N3O3/c1-11(21)23-14-8-4-10-19-16(14)17(22)20-13-7-2-5-12-6-3-9-18-15(12)13/h2-10H,1H3,(H,20,22). The van der Waals surface area contributed by atoms with Crippen LogP contribution in [0.1, 0.15) is 17.4 Å². The van der Waals surface area contributed by atoms with E-state index in [2.05, 4.69) is 15.3 Å². The Morgan fingerprint density at radius 3 is 2.57 bits per heavy atom. The number of nitrogens with zero attached hydrogens (tertiary/aromatic N) is 2. The number of carbonyl (C=O) groups excluding carboxylic acids is 2. The van der Waals surface area contributed by atoms with E-state index in [1.165, 1.54) is 19.2 Å². The fourth-order valence-corrected chi connectivity index (χ4v) is 2.18. The summed E-state index contributed by atoms with van der Waals surface area (Å²) in [6, 6.07) is 12.3. The molecule has 2 heterocycles. The molecule has 1 aromatic carbocycles. The number of anilines is 1. The number of carbonyl (C=O) groups is 2. The van der Waals surface area contributed by atoms with Crippen LogP contribution in [0.5, 0.6) is 5.75 Å². The average Bonchev–Trinajstić information content (AvgIpc) is 2.55. The molecule has 3 aromatic rings. The van der Waals surface area contributed by atoms with E-state index in [1.54, 1.807) is 18.3 Å². The van der Waals surface area contributed by atoms with Crippen LogP contribution < -0.4 is 10.1 Å². The van der Waals surface area contributed by atoms with Crippen molar-refractivity contribution in [2.75, 3.05) is 5.32 Å². The van der Waals surface area contributed by atoms with Crippen molar-refractivity contribution in [2.45, 2.75) is 6.92 Å². The van der Waals surface area contributed by atoms with Crippen LogP contribution in [-0.2, 0) is 4.79 Å². The first kappa shape index (κ1) is 14.6. The zero-order chi connectivity index (χ0) is 16.2. The predicted octanol–water partition coefficient (Wildman–Crippen LogP) is 2.81. The molecule has 0 spiro atoms. The van der Waals surface area contributed by atoms with E-state index in [4.69, 9.17) is 4.74 Å². The van der Waals surface area contributed by atoms with Crippen LogP contribution >= 0.6 is 0 Å². The number of aromatic nitrogens is 2. The Morgan fingerprint density at radius 2 is 1.74 bits per heavy atom. The number of benzene rings is 1. The number of para-hydroxylation sites is 1. The van der Waals surface area contributed by atoms with Crippen molar-refractivity contribution in [1.82, 2.24) is 9.97 Å². The Morgan fingerprint density at radius 1 is 1.00 bits per heavy atom. The molecule has 0 saturated heterocycles. The van der Waals surface area contributed by atoms with Crippen LogP contribution in [0.2, 0.25) is 0 Å². The molecule has 6 nitrogen and oxygen atoms in total. The van der Waals surface area contributed by atoms with E-state index < -0.39 is 11.9 Å². The molecule has 3 rings (SSSR count). The maximum Gasteiger partial charge on any atom is 0.308 e. The topological polar surface area (TPSA) is 81.2 Å². The number of esters is 1. The number of pyridine rings is 2. The Hall–Kier alpha value is -3.28. The minimum Gasteiger partial charge on any atom is -0.424 e. The fraction of sp³-hybridized carbons (Fsp3) is 0.0588. The van der Waals surface area contributed by atoms with Crippen LogP contribution in [0.25, 0.3) is 10.9 Å². The third kappa shape index (κ3) is 3.16. The summed E-state index contributed by atoms with van der Waals surface area (Å²) in [4.78, 5) is 31.9. The summed E-state index contributed by atoms with van der Waals surface area (Å²) in [5.41, 5.74) is 1.27. The minimum absolute atomic E-state index is 0.0376. The van der Waals surface area contributed by atoms with Crippen molar-refractivity contribution in [3.05, 3.63) is 60.6 Å². The summed E-state index contributed by atoms with van der Waals surface area (Å²) in [6.45, 7) is 1.27. The summed E-state index contributed by atoms with van der Waals surface area (Å²) in [5.74, 6) is -0.871. The van der Waals surface area contributed by atoms with E-state index in [9.17, 15) is 9.59 Å². The second-order valence-corrected chi connectivity index (χ2v) is 4.78. The lowest BCUT2D eigenvalue weighted by Gasteiger charge is -2.10. The van der Waals surface area contributed by atoms with Crippen molar-refractivity contribution in [3.8, 4) is 5.75 Å². The Balaban J connectivity index is 1.94. The number of ether oxygens (including phenoxy) is 1. The number of hydrogen-bond donors (Lipinski definition) is 1. The van der Waals surface area contributed by atoms with E-state index in [1.807, 2.05) is 24.3 Å². The number of fused-ring (bicyclic) bond motifs is 1. The van der Waals surface area contributed by atoms with Crippen molar-refractivity contribution in [3.63, 3.8) is 0 Å². The fourth-order valence-electron chi connectivity index (χ4n) is 2.18. The molecular weight excluding hydrogens is 294 g/mol. The molecule has 0 fully saturated rings. The lowest BCUT2D eigenvalue weighted by atomic mass is 10.2. The van der Waals surface area contributed by atoms with Crippen molar-refractivity contribution < 1.29 is 14.3 Å². The quantitative estimate of drug-likeness (QED) is 0.752. The lowest BCUT2D eigenvalue weighted by Crippen LogP contribution is -2.16. The summed E-state index contributed by atoms with van der Waals surface area (Å²) in [5, 5.41) is 3.67. The maximum absolute atomic E-state index is 12.5. The molecule has 2 aromatic heterocycles. The van der Waals surface area contributed by atoms with Crippen molar-refractivity contribution in [1.29, 1.82) is 0 Å². The van der Waals surface area contributed by atoms with Gasteiger partial charge in [0.25, 0.3) is 5.91 Å². The highest BCUT2D eigenvalue weighted by Gasteiger charge is 2.16. The summed E-state index contributed by atoms with van der Waals surface area (Å²) < 4.78 is 5.01. The highest BCUT2D eigenvalue weighted by Crippen LogP contribution is 2.23. The summed E-state index contributed by atoms with van der Waals surface area (Å²) in [6.07, 6.45) is 3.12. The molecular formula is C17H13N3O3. The molecule has 23 heavy (non-hydrogen) atoms. The highest BCUT2D eigenvalue weighted by atomic mass is 16.5. The maximum atomic E-state index is 12.5. The largest absolute Gasteiger partial charge is 0.424 e. The van der Waals surface area contributed by atoms with Gasteiger partial charge in [0.05, 0.1) is 11.2 Å². The number of hydrogen-bond acceptors (Lipinski definition) is 5. The monoisotopic (exact) mass is 307 g/mol. The van der Waals surface area contributed by atoms with Gasteiger partial charge >= 0.3 is 5.97 Å². The summed E-state index contributed by atoms with van der Waals surface area (Å²) in [7, 11) is 0. The van der Waals surface area contributed by atoms with Gasteiger partial charge in [0.2, 0.25) is 0 Å². The van der Waals surface area contributed by atoms with Gasteiger partial charge in [0.15, 0.2) is 11.4 Å². The first-order valence-corrected chi connectivity index (χ1v) is 6.93. The van der Waals surface area contributed by atoms with E-state index in [-0.39, 0.29) is 11.4 Å². The van der Waals surface area contributed by atoms with Gasteiger partial charge in [-0.1, -0.05) is 18.2 Å². The third-order valence-corrected chi connectivity index (χ3v) is 3.12. The van der Waals surface area contributed by atoms with Gasteiger partial charge in [-0.2, -0.15) is 0 Å². The molecule has 1 amide bonds. The van der Waals surface area contributed by atoms with Crippen LogP contribution in [0.4, 0.5) is 5.69 Å². The van der Waals surface area contributed by atoms with Crippen LogP contribution in [-0.4, -0.2) is 21.8 Å². The van der Waals surface area contributed by atoms with Gasteiger partial charge in [-0.25, -0.2) is 4.98 Å². The van der Waals surface area contributed by atoms with Gasteiger partial charge in [-0.15, -0.1) is 0 Å². The molecule has 1 N–H and O–H groups in total. The SMILES string of the molecule is CC(=O)Oc1cccnc1C(=O)Nc1cccc2cccnc12. The zero-order valence-corrected chi connectivity index (χ0v) is 12.3. The number of amides is 1. The summed E-state index contributed by atoms with van der Waals surface area (Å²) >= 11 is 0. The Kier molecular flexibility index (Phi) is 3.97. The zero-order valence-electron chi connectivity index (χ0n) is 12.3. The Bertz CT molecular complexity index is 888. The van der Waals surface area contributed by atoms with Crippen molar-refractivity contribution in [2.24, 2.45) is 0 Å². The van der Waals surface area contributed by atoms with E-state index in [0.717, 1.165) is 5.39 Å². The molecule has 114 valence electrons.